The summed E-state index contributed by atoms with van der Waals surface area (Å²) in [6, 6.07) is 21.1. The monoisotopic (exact) mass is 430 g/mol. The lowest BCUT2D eigenvalue weighted by Gasteiger charge is -2.08. The Bertz CT molecular complexity index is 1510. The van der Waals surface area contributed by atoms with E-state index in [-0.39, 0.29) is 0 Å². The molecule has 2 heterocycles. The summed E-state index contributed by atoms with van der Waals surface area (Å²) in [6.07, 6.45) is 4.57. The summed E-state index contributed by atoms with van der Waals surface area (Å²) in [5.41, 5.74) is 2.81. The zero-order valence-electron chi connectivity index (χ0n) is 16.5. The molecule has 0 aliphatic carbocycles. The van der Waals surface area contributed by atoms with Crippen LogP contribution in [0.2, 0.25) is 0 Å². The summed E-state index contributed by atoms with van der Waals surface area (Å²) < 4.78 is 26.9. The van der Waals surface area contributed by atoms with E-state index in [4.69, 9.17) is 0 Å². The molecule has 0 aliphatic rings. The first kappa shape index (κ1) is 19.0. The van der Waals surface area contributed by atoms with Crippen LogP contribution in [-0.4, -0.2) is 34.4 Å². The Kier molecular flexibility index (Phi) is 4.52. The molecule has 0 saturated carbocycles. The van der Waals surface area contributed by atoms with Crippen LogP contribution in [0.3, 0.4) is 0 Å². The molecule has 9 heteroatoms. The normalized spacial score (nSPS) is 11.6. The van der Waals surface area contributed by atoms with Crippen molar-refractivity contribution in [3.63, 3.8) is 0 Å². The van der Waals surface area contributed by atoms with Crippen molar-refractivity contribution in [1.82, 2.24) is 19.7 Å². The Hall–Kier alpha value is -3.98. The van der Waals surface area contributed by atoms with E-state index >= 15 is 0 Å². The van der Waals surface area contributed by atoms with E-state index in [1.807, 2.05) is 18.2 Å². The molecule has 0 unspecified atom stereocenters. The Morgan fingerprint density at radius 3 is 2.35 bits per heavy atom. The van der Waals surface area contributed by atoms with E-state index < -0.39 is 10.0 Å². The average Bonchev–Trinajstić information content (AvgIpc) is 3.17. The number of rotatable bonds is 5. The second-order valence-corrected chi connectivity index (χ2v) is 8.89. The molecule has 0 saturated heterocycles. The van der Waals surface area contributed by atoms with Crippen molar-refractivity contribution in [3.05, 3.63) is 79.1 Å². The summed E-state index contributed by atoms with van der Waals surface area (Å²) in [5, 5.41) is 10.7. The van der Waals surface area contributed by atoms with E-state index in [2.05, 4.69) is 49.4 Å². The van der Waals surface area contributed by atoms with Gasteiger partial charge in [0, 0.05) is 17.6 Å². The minimum atomic E-state index is -3.32. The van der Waals surface area contributed by atoms with Crippen molar-refractivity contribution in [3.8, 4) is 5.69 Å². The van der Waals surface area contributed by atoms with Gasteiger partial charge in [0.1, 0.15) is 0 Å². The van der Waals surface area contributed by atoms with Crippen molar-refractivity contribution in [1.29, 1.82) is 0 Å². The van der Waals surface area contributed by atoms with Gasteiger partial charge in [0.2, 0.25) is 16.0 Å². The number of anilines is 3. The maximum absolute atomic E-state index is 11.3. The zero-order valence-corrected chi connectivity index (χ0v) is 17.3. The first-order chi connectivity index (χ1) is 14.9. The zero-order chi connectivity index (χ0) is 21.4. The fraction of sp³-hybridized carbons (Fsp3) is 0.0455. The number of fused-ring (bicyclic) bond motifs is 2. The molecule has 0 fully saturated rings. The van der Waals surface area contributed by atoms with E-state index in [1.165, 1.54) is 0 Å². The molecule has 0 radical (unpaired) electrons. The van der Waals surface area contributed by atoms with Gasteiger partial charge in [0.15, 0.2) is 5.65 Å². The number of hydrogen-bond acceptors (Lipinski definition) is 6. The van der Waals surface area contributed by atoms with Gasteiger partial charge in [0.25, 0.3) is 0 Å². The van der Waals surface area contributed by atoms with Gasteiger partial charge in [0.05, 0.1) is 23.5 Å². The molecule has 2 aromatic heterocycles. The highest BCUT2D eigenvalue weighted by Crippen LogP contribution is 2.23. The average molecular weight is 430 g/mol. The fourth-order valence-electron chi connectivity index (χ4n) is 3.34. The second-order valence-electron chi connectivity index (χ2n) is 7.14. The number of aromatic nitrogens is 4. The van der Waals surface area contributed by atoms with Gasteiger partial charge in [-0.25, -0.2) is 18.1 Å². The number of nitrogens with zero attached hydrogens (tertiary/aromatic N) is 4. The third-order valence-corrected chi connectivity index (χ3v) is 5.34. The van der Waals surface area contributed by atoms with Crippen LogP contribution in [0, 0.1) is 0 Å². The summed E-state index contributed by atoms with van der Waals surface area (Å²) in [7, 11) is -3.32. The van der Waals surface area contributed by atoms with Gasteiger partial charge in [-0.2, -0.15) is 10.1 Å². The first-order valence-electron chi connectivity index (χ1n) is 9.49. The molecule has 3 aromatic carbocycles. The van der Waals surface area contributed by atoms with Crippen LogP contribution >= 0.6 is 0 Å². The summed E-state index contributed by atoms with van der Waals surface area (Å²) >= 11 is 0. The standard InChI is InChI=1S/C22H18N6O2S/c1-31(29,30)27-19-9-7-18(8-10-19)25-22-23-13-17-14-24-28(21(17)26-22)20-11-6-15-4-2-3-5-16(15)12-20/h2-14,27H,1H3,(H,23,25,26). The lowest BCUT2D eigenvalue weighted by atomic mass is 10.1. The number of hydrogen-bond donors (Lipinski definition) is 2. The van der Waals surface area contributed by atoms with Crippen LogP contribution in [0.1, 0.15) is 0 Å². The Morgan fingerprint density at radius 2 is 1.58 bits per heavy atom. The highest BCUT2D eigenvalue weighted by molar-refractivity contribution is 7.92. The Labute approximate surface area is 178 Å². The smallest absolute Gasteiger partial charge is 0.229 e. The Balaban J connectivity index is 1.46. The molecule has 2 N–H and O–H groups in total. The van der Waals surface area contributed by atoms with Crippen molar-refractivity contribution < 1.29 is 8.42 Å². The van der Waals surface area contributed by atoms with Crippen LogP contribution in [0.25, 0.3) is 27.5 Å². The van der Waals surface area contributed by atoms with E-state index in [0.29, 0.717) is 17.3 Å². The molecular formula is C22H18N6O2S. The second kappa shape index (κ2) is 7.37. The quantitative estimate of drug-likeness (QED) is 0.436. The highest BCUT2D eigenvalue weighted by Gasteiger charge is 2.10. The van der Waals surface area contributed by atoms with E-state index in [1.54, 1.807) is 41.3 Å². The van der Waals surface area contributed by atoms with Crippen molar-refractivity contribution in [2.24, 2.45) is 0 Å². The summed E-state index contributed by atoms with van der Waals surface area (Å²) in [5.74, 6) is 0.416. The summed E-state index contributed by atoms with van der Waals surface area (Å²) in [4.78, 5) is 8.99. The van der Waals surface area contributed by atoms with E-state index in [0.717, 1.165) is 33.8 Å². The third-order valence-electron chi connectivity index (χ3n) is 4.73. The number of benzene rings is 3. The molecule has 5 aromatic rings. The fourth-order valence-corrected chi connectivity index (χ4v) is 3.90. The van der Waals surface area contributed by atoms with Crippen molar-refractivity contribution in [2.75, 3.05) is 16.3 Å². The van der Waals surface area contributed by atoms with Gasteiger partial charge in [-0.1, -0.05) is 30.3 Å². The number of sulfonamides is 1. The Morgan fingerprint density at radius 1 is 0.839 bits per heavy atom. The predicted octanol–water partition coefficient (Wildman–Crippen LogP) is 4.08. The molecule has 5 rings (SSSR count). The molecule has 0 amide bonds. The van der Waals surface area contributed by atoms with Crippen molar-refractivity contribution in [2.45, 2.75) is 0 Å². The molecule has 31 heavy (non-hydrogen) atoms. The minimum Gasteiger partial charge on any atom is -0.324 e. The lowest BCUT2D eigenvalue weighted by Crippen LogP contribution is -2.09. The third kappa shape index (κ3) is 4.03. The topological polar surface area (TPSA) is 102 Å². The molecule has 8 nitrogen and oxygen atoms in total. The van der Waals surface area contributed by atoms with Gasteiger partial charge < -0.3 is 5.32 Å². The highest BCUT2D eigenvalue weighted by atomic mass is 32.2. The van der Waals surface area contributed by atoms with Crippen LogP contribution in [0.4, 0.5) is 17.3 Å². The van der Waals surface area contributed by atoms with Gasteiger partial charge in [-0.05, 0) is 47.2 Å². The molecular weight excluding hydrogens is 412 g/mol. The van der Waals surface area contributed by atoms with Crippen LogP contribution in [-0.2, 0) is 10.0 Å². The van der Waals surface area contributed by atoms with Crippen LogP contribution in [0.5, 0.6) is 0 Å². The first-order valence-corrected chi connectivity index (χ1v) is 11.4. The SMILES string of the molecule is CS(=O)(=O)Nc1ccc(Nc2ncc3cnn(-c4ccc5ccccc5c4)c3n2)cc1. The minimum absolute atomic E-state index is 0.416. The maximum Gasteiger partial charge on any atom is 0.229 e. The molecule has 0 atom stereocenters. The van der Waals surface area contributed by atoms with Gasteiger partial charge >= 0.3 is 0 Å². The van der Waals surface area contributed by atoms with Crippen LogP contribution in [0.15, 0.2) is 79.1 Å². The van der Waals surface area contributed by atoms with Gasteiger partial charge in [-0.3, -0.25) is 4.72 Å². The van der Waals surface area contributed by atoms with Crippen LogP contribution < -0.4 is 10.0 Å². The van der Waals surface area contributed by atoms with E-state index in [9.17, 15) is 8.42 Å². The molecule has 0 spiro atoms. The molecule has 0 aliphatic heterocycles. The predicted molar refractivity (Wildman–Crippen MR) is 122 cm³/mol. The summed E-state index contributed by atoms with van der Waals surface area (Å²) in [6.45, 7) is 0. The van der Waals surface area contributed by atoms with Crippen molar-refractivity contribution >= 4 is 49.2 Å². The molecule has 0 bridgehead atoms. The van der Waals surface area contributed by atoms with Gasteiger partial charge in [-0.15, -0.1) is 0 Å². The maximum atomic E-state index is 11.3. The lowest BCUT2D eigenvalue weighted by molar-refractivity contribution is 0.607. The molecule has 154 valence electrons. The largest absolute Gasteiger partial charge is 0.324 e. The number of nitrogens with one attached hydrogen (secondary N) is 2.